The van der Waals surface area contributed by atoms with E-state index in [1.54, 1.807) is 0 Å². The quantitative estimate of drug-likeness (QED) is 0.416. The van der Waals surface area contributed by atoms with Crippen LogP contribution in [-0.4, -0.2) is 98.2 Å². The highest BCUT2D eigenvalue weighted by Gasteiger charge is 2.26. The van der Waals surface area contributed by atoms with Crippen LogP contribution in [0, 0.1) is 0 Å². The molecule has 0 radical (unpaired) electrons. The van der Waals surface area contributed by atoms with Crippen LogP contribution in [0.25, 0.3) is 10.9 Å². The summed E-state index contributed by atoms with van der Waals surface area (Å²) in [6.07, 6.45) is 4.16. The molecule has 0 spiro atoms. The van der Waals surface area contributed by atoms with Crippen LogP contribution in [0.2, 0.25) is 0 Å². The van der Waals surface area contributed by atoms with Gasteiger partial charge in [-0.05, 0) is 50.9 Å². The minimum atomic E-state index is -2.91. The second kappa shape index (κ2) is 13.1. The topological polar surface area (TPSA) is 132 Å². The molecule has 3 aromatic rings. The largest absolute Gasteiger partial charge is 0.490 e. The van der Waals surface area contributed by atoms with Crippen LogP contribution in [0.4, 0.5) is 11.5 Å². The van der Waals surface area contributed by atoms with Gasteiger partial charge in [-0.2, -0.15) is 0 Å². The van der Waals surface area contributed by atoms with E-state index in [4.69, 9.17) is 18.9 Å². The molecule has 1 fully saturated rings. The van der Waals surface area contributed by atoms with Crippen LogP contribution in [-0.2, 0) is 21.2 Å². The number of sulfone groups is 1. The number of carbonyl (C=O) groups is 1. The first kappa shape index (κ1) is 30.4. The standard InChI is InChI=1S/C31H39N5O7S/c1-21-25(37)6-3-4-12-40-27-16-23-24(17-28(27)41-13-5-9-36-10-14-44(38,39)15-11-36)32-19-33-31(23)34-29-22(18-35(21)2)7-8-26-30(29)43-20-42-26/h7-8,16-17,19,21H,3-6,9-15,18,20H2,1-2H3,(H,32,33,34)/t21-/m0/s1. The van der Waals surface area contributed by atoms with Crippen LogP contribution in [0.5, 0.6) is 23.0 Å². The monoisotopic (exact) mass is 625 g/mol. The van der Waals surface area contributed by atoms with Gasteiger partial charge in [-0.25, -0.2) is 18.4 Å². The fraction of sp³-hybridized carbons (Fsp3) is 0.516. The minimum Gasteiger partial charge on any atom is -0.490 e. The Hall–Kier alpha value is -3.68. The molecule has 1 aromatic heterocycles. The molecule has 0 saturated carbocycles. The molecule has 0 amide bonds. The fourth-order valence-electron chi connectivity index (χ4n) is 5.68. The predicted octanol–water partition coefficient (Wildman–Crippen LogP) is 3.55. The van der Waals surface area contributed by atoms with Crippen LogP contribution >= 0.6 is 0 Å². The molecule has 3 aliphatic rings. The predicted molar refractivity (Wildman–Crippen MR) is 166 cm³/mol. The van der Waals surface area contributed by atoms with Gasteiger partial charge in [0.15, 0.2) is 32.8 Å². The van der Waals surface area contributed by atoms with Crippen LogP contribution in [0.15, 0.2) is 30.6 Å². The van der Waals surface area contributed by atoms with Gasteiger partial charge in [0.05, 0.1) is 42.0 Å². The molecule has 1 saturated heterocycles. The molecule has 1 N–H and O–H groups in total. The molecule has 2 bridgehead atoms. The molecular weight excluding hydrogens is 586 g/mol. The lowest BCUT2D eigenvalue weighted by Gasteiger charge is -2.26. The van der Waals surface area contributed by atoms with Gasteiger partial charge in [-0.1, -0.05) is 6.07 Å². The highest BCUT2D eigenvalue weighted by atomic mass is 32.2. The Kier molecular flexibility index (Phi) is 9.06. The lowest BCUT2D eigenvalue weighted by atomic mass is 10.0. The number of carbonyl (C=O) groups excluding carboxylic acids is 1. The highest BCUT2D eigenvalue weighted by molar-refractivity contribution is 7.91. The van der Waals surface area contributed by atoms with E-state index in [0.717, 1.165) is 42.4 Å². The van der Waals surface area contributed by atoms with Crippen molar-refractivity contribution in [1.82, 2.24) is 19.8 Å². The van der Waals surface area contributed by atoms with Crippen LogP contribution in [0.1, 0.15) is 38.2 Å². The third-order valence-corrected chi connectivity index (χ3v) is 10.1. The maximum Gasteiger partial charge on any atom is 0.231 e. The SMILES string of the molecule is C[C@H]1C(=O)CCCCOc2cc3c(ncnc3cc2OCCCN2CCS(=O)(=O)CC2)Nc2c(ccc3c2OCO3)CN1C. The van der Waals surface area contributed by atoms with Gasteiger partial charge in [-0.3, -0.25) is 9.69 Å². The molecular formula is C31H39N5O7S. The van der Waals surface area contributed by atoms with Crippen molar-refractivity contribution in [1.29, 1.82) is 0 Å². The molecule has 2 aromatic carbocycles. The number of fused-ring (bicyclic) bond motifs is 4. The number of anilines is 2. The van der Waals surface area contributed by atoms with E-state index in [1.165, 1.54) is 6.33 Å². The molecule has 0 unspecified atom stereocenters. The lowest BCUT2D eigenvalue weighted by molar-refractivity contribution is -0.123. The van der Waals surface area contributed by atoms with Crippen molar-refractivity contribution in [2.45, 2.75) is 45.2 Å². The second-order valence-electron chi connectivity index (χ2n) is 11.6. The number of nitrogens with one attached hydrogen (secondary N) is 1. The van der Waals surface area contributed by atoms with Gasteiger partial charge in [0.25, 0.3) is 0 Å². The summed E-state index contributed by atoms with van der Waals surface area (Å²) in [6, 6.07) is 7.38. The van der Waals surface area contributed by atoms with Crippen molar-refractivity contribution in [3.05, 3.63) is 36.2 Å². The number of aromatic nitrogens is 2. The molecule has 13 heteroatoms. The molecule has 3 aliphatic heterocycles. The van der Waals surface area contributed by atoms with E-state index in [-0.39, 0.29) is 30.1 Å². The van der Waals surface area contributed by atoms with Crippen LogP contribution in [0.3, 0.4) is 0 Å². The molecule has 12 nitrogen and oxygen atoms in total. The Morgan fingerprint density at radius 1 is 1.07 bits per heavy atom. The smallest absolute Gasteiger partial charge is 0.231 e. The molecule has 44 heavy (non-hydrogen) atoms. The summed E-state index contributed by atoms with van der Waals surface area (Å²) < 4.78 is 47.5. The number of Topliss-reactive ketones (excluding diaryl/α,β-unsaturated/α-hetero) is 1. The maximum absolute atomic E-state index is 13.0. The summed E-state index contributed by atoms with van der Waals surface area (Å²) in [5.74, 6) is 3.57. The molecule has 4 heterocycles. The van der Waals surface area contributed by atoms with Gasteiger partial charge in [0.1, 0.15) is 17.9 Å². The van der Waals surface area contributed by atoms with E-state index in [0.29, 0.717) is 73.6 Å². The summed E-state index contributed by atoms with van der Waals surface area (Å²) in [4.78, 5) is 26.3. The van der Waals surface area contributed by atoms with Crippen molar-refractivity contribution < 1.29 is 32.2 Å². The Labute approximate surface area is 257 Å². The molecule has 0 aliphatic carbocycles. The third-order valence-electron chi connectivity index (χ3n) is 8.51. The van der Waals surface area contributed by atoms with Gasteiger partial charge in [-0.15, -0.1) is 0 Å². The first-order valence-corrected chi connectivity index (χ1v) is 17.0. The Bertz CT molecular complexity index is 1620. The summed E-state index contributed by atoms with van der Waals surface area (Å²) >= 11 is 0. The Morgan fingerprint density at radius 2 is 1.91 bits per heavy atom. The summed E-state index contributed by atoms with van der Waals surface area (Å²) in [5, 5.41) is 4.25. The highest BCUT2D eigenvalue weighted by Crippen LogP contribution is 2.44. The lowest BCUT2D eigenvalue weighted by Crippen LogP contribution is -2.40. The number of rotatable bonds is 5. The molecule has 1 atom stereocenters. The molecule has 236 valence electrons. The zero-order valence-electron chi connectivity index (χ0n) is 25.2. The van der Waals surface area contributed by atoms with E-state index in [9.17, 15) is 13.2 Å². The second-order valence-corrected chi connectivity index (χ2v) is 13.9. The number of ether oxygens (including phenoxy) is 4. The summed E-state index contributed by atoms with van der Waals surface area (Å²) in [6.45, 7) is 5.33. The van der Waals surface area contributed by atoms with Gasteiger partial charge in [0.2, 0.25) is 6.79 Å². The average molecular weight is 626 g/mol. The number of hydrogen-bond acceptors (Lipinski definition) is 12. The normalized spacial score (nSPS) is 21.0. The minimum absolute atomic E-state index is 0.123. The maximum atomic E-state index is 13.0. The Morgan fingerprint density at radius 3 is 2.75 bits per heavy atom. The van der Waals surface area contributed by atoms with Crippen molar-refractivity contribution in [2.24, 2.45) is 0 Å². The van der Waals surface area contributed by atoms with E-state index >= 15 is 0 Å². The number of ketones is 1. The Balaban J connectivity index is 1.28. The number of likely N-dealkylation sites (N-methyl/N-ethyl adjacent to an activating group) is 1. The first-order valence-electron chi connectivity index (χ1n) is 15.2. The zero-order chi connectivity index (χ0) is 30.7. The van der Waals surface area contributed by atoms with Crippen molar-refractivity contribution in [3.63, 3.8) is 0 Å². The fourth-order valence-corrected chi connectivity index (χ4v) is 6.95. The average Bonchev–Trinajstić information content (AvgIpc) is 3.49. The van der Waals surface area contributed by atoms with E-state index in [2.05, 4.69) is 20.2 Å². The van der Waals surface area contributed by atoms with E-state index in [1.807, 2.05) is 43.1 Å². The van der Waals surface area contributed by atoms with Crippen molar-refractivity contribution in [2.75, 3.05) is 63.5 Å². The van der Waals surface area contributed by atoms with Gasteiger partial charge >= 0.3 is 0 Å². The summed E-state index contributed by atoms with van der Waals surface area (Å²) in [7, 11) is -0.955. The van der Waals surface area contributed by atoms with Gasteiger partial charge < -0.3 is 29.2 Å². The molecule has 6 rings (SSSR count). The first-order chi connectivity index (χ1) is 21.3. The van der Waals surface area contributed by atoms with Crippen LogP contribution < -0.4 is 24.3 Å². The summed E-state index contributed by atoms with van der Waals surface area (Å²) in [5.41, 5.74) is 2.36. The number of nitrogens with zero attached hydrogens (tertiary/aromatic N) is 4. The number of hydrogen-bond donors (Lipinski definition) is 1. The van der Waals surface area contributed by atoms with E-state index < -0.39 is 9.84 Å². The van der Waals surface area contributed by atoms with Crippen molar-refractivity contribution in [3.8, 4) is 23.0 Å². The number of benzene rings is 2. The van der Waals surface area contributed by atoms with Gasteiger partial charge in [0, 0.05) is 44.1 Å². The third kappa shape index (κ3) is 6.84. The zero-order valence-corrected chi connectivity index (χ0v) is 26.0. The van der Waals surface area contributed by atoms with Crippen molar-refractivity contribution >= 4 is 38.0 Å².